The second kappa shape index (κ2) is 3.70. The second-order valence-electron chi connectivity index (χ2n) is 2.07. The molecule has 0 unspecified atom stereocenters. The highest BCUT2D eigenvalue weighted by molar-refractivity contribution is 5.64. The number of rotatable bonds is 2. The Morgan fingerprint density at radius 2 is 2.45 bits per heavy atom. The number of H-pyrrole nitrogens is 1. The van der Waals surface area contributed by atoms with Crippen molar-refractivity contribution in [3.63, 3.8) is 0 Å². The van der Waals surface area contributed by atoms with Crippen LogP contribution in [0, 0.1) is 6.92 Å². The summed E-state index contributed by atoms with van der Waals surface area (Å²) in [6.07, 6.45) is 3.40. The van der Waals surface area contributed by atoms with Gasteiger partial charge in [-0.1, -0.05) is 0 Å². The number of carboxylic acid groups (broad SMARTS) is 1. The zero-order valence-electron chi connectivity index (χ0n) is 6.04. The van der Waals surface area contributed by atoms with E-state index in [1.165, 1.54) is 0 Å². The molecule has 0 saturated carbocycles. The maximum absolute atomic E-state index is 10.2. The highest BCUT2D eigenvalue weighted by atomic mass is 19.0. The molecule has 1 aromatic heterocycles. The smallest absolute Gasteiger partial charge is 0.346 e. The third kappa shape index (κ3) is 2.37. The summed E-state index contributed by atoms with van der Waals surface area (Å²) in [5.41, 5.74) is 0. The molecule has 0 saturated heterocycles. The Hall–Kier alpha value is -1.39. The van der Waals surface area contributed by atoms with Gasteiger partial charge in [0.25, 0.3) is 5.82 Å². The van der Waals surface area contributed by atoms with E-state index < -0.39 is 5.97 Å². The van der Waals surface area contributed by atoms with Gasteiger partial charge in [-0.05, 0) is 0 Å². The summed E-state index contributed by atoms with van der Waals surface area (Å²) in [6, 6.07) is 0. The van der Waals surface area contributed by atoms with Crippen molar-refractivity contribution in [3.05, 3.63) is 18.2 Å². The number of aromatic nitrogens is 2. The fourth-order valence-corrected chi connectivity index (χ4v) is 0.760. The van der Waals surface area contributed by atoms with Gasteiger partial charge in [-0.2, -0.15) is 0 Å². The van der Waals surface area contributed by atoms with Crippen LogP contribution in [-0.4, -0.2) is 16.1 Å². The Kier molecular flexibility index (Phi) is 3.23. The lowest BCUT2D eigenvalue weighted by atomic mass is 10.6. The molecule has 0 aliphatic carbocycles. The summed E-state index contributed by atoms with van der Waals surface area (Å²) in [6.45, 7) is 1.85. The van der Waals surface area contributed by atoms with Crippen molar-refractivity contribution < 1.29 is 19.2 Å². The van der Waals surface area contributed by atoms with E-state index in [0.29, 0.717) is 0 Å². The van der Waals surface area contributed by atoms with E-state index in [0.717, 1.165) is 5.82 Å². The highest BCUT2D eigenvalue weighted by Crippen LogP contribution is 1.80. The number of imidazole rings is 1. The van der Waals surface area contributed by atoms with Gasteiger partial charge in [-0.15, -0.1) is 0 Å². The van der Waals surface area contributed by atoms with Crippen LogP contribution in [0.5, 0.6) is 0 Å². The maximum Gasteiger partial charge on any atom is 0.346 e. The molecular weight excluding hydrogens is 151 g/mol. The van der Waals surface area contributed by atoms with Crippen molar-refractivity contribution in [2.24, 2.45) is 0 Å². The van der Waals surface area contributed by atoms with E-state index in [-0.39, 0.29) is 11.2 Å². The van der Waals surface area contributed by atoms with Crippen LogP contribution < -0.4 is 9.27 Å². The first-order valence-corrected chi connectivity index (χ1v) is 2.95. The van der Waals surface area contributed by atoms with Crippen LogP contribution in [-0.2, 0) is 11.3 Å². The minimum absolute atomic E-state index is 0. The van der Waals surface area contributed by atoms with Gasteiger partial charge in [0.2, 0.25) is 0 Å². The van der Waals surface area contributed by atoms with Crippen LogP contribution in [0.4, 0.5) is 0 Å². The zero-order valence-corrected chi connectivity index (χ0v) is 6.04. The lowest BCUT2D eigenvalue weighted by molar-refractivity contribution is -0.690. The van der Waals surface area contributed by atoms with Gasteiger partial charge in [0, 0.05) is 6.92 Å². The molecule has 1 rings (SSSR count). The van der Waals surface area contributed by atoms with E-state index in [1.807, 2.05) is 6.92 Å². The number of aliphatic carboxylic acids is 1. The molecule has 11 heavy (non-hydrogen) atoms. The molecule has 5 heteroatoms. The van der Waals surface area contributed by atoms with E-state index in [4.69, 9.17) is 5.11 Å². The Morgan fingerprint density at radius 3 is 2.82 bits per heavy atom. The number of carboxylic acids is 1. The average Bonchev–Trinajstić information content (AvgIpc) is 2.15. The van der Waals surface area contributed by atoms with E-state index >= 15 is 0 Å². The molecule has 2 N–H and O–H groups in total. The standard InChI is InChI=1S/C6H8N2O2.FH/c1-5-7-2-3-8(5)4-6(9)10;/h2-3H,4H2,1H3,(H,9,10);1H. The molecule has 1 aromatic rings. The fraction of sp³-hybridized carbons (Fsp3) is 0.333. The Balaban J connectivity index is 0.000001000. The summed E-state index contributed by atoms with van der Waals surface area (Å²) in [5, 5.41) is 8.38. The highest BCUT2D eigenvalue weighted by Gasteiger charge is 2.07. The molecule has 0 fully saturated rings. The van der Waals surface area contributed by atoms with Gasteiger partial charge in [-0.25, -0.2) is 14.3 Å². The topological polar surface area (TPSA) is 57.0 Å². The number of halogens is 1. The molecule has 0 atom stereocenters. The molecule has 1 heterocycles. The van der Waals surface area contributed by atoms with Crippen molar-refractivity contribution in [2.75, 3.05) is 0 Å². The third-order valence-electron chi connectivity index (χ3n) is 1.28. The minimum Gasteiger partial charge on any atom is -1.00 e. The largest absolute Gasteiger partial charge is 1.00 e. The first-order valence-electron chi connectivity index (χ1n) is 2.95. The molecule has 0 radical (unpaired) electrons. The van der Waals surface area contributed by atoms with E-state index in [2.05, 4.69) is 4.98 Å². The third-order valence-corrected chi connectivity index (χ3v) is 1.28. The van der Waals surface area contributed by atoms with Crippen molar-refractivity contribution >= 4 is 5.97 Å². The van der Waals surface area contributed by atoms with Gasteiger partial charge in [0.1, 0.15) is 12.4 Å². The normalized spacial score (nSPS) is 8.82. The molecule has 62 valence electrons. The summed E-state index contributed by atoms with van der Waals surface area (Å²) in [5.74, 6) is 0.0232. The first kappa shape index (κ1) is 9.61. The molecule has 0 aromatic carbocycles. The van der Waals surface area contributed by atoms with Crippen LogP contribution in [0.25, 0.3) is 0 Å². The van der Waals surface area contributed by atoms with E-state index in [9.17, 15) is 4.79 Å². The lowest BCUT2D eigenvalue weighted by Gasteiger charge is -1.89. The van der Waals surface area contributed by atoms with Gasteiger partial charge in [0.15, 0.2) is 6.54 Å². The van der Waals surface area contributed by atoms with Crippen molar-refractivity contribution in [1.82, 2.24) is 4.98 Å². The minimum atomic E-state index is -0.826. The molecule has 0 amide bonds. The van der Waals surface area contributed by atoms with Gasteiger partial charge >= 0.3 is 5.97 Å². The lowest BCUT2D eigenvalue weighted by Crippen LogP contribution is -3.00. The number of hydrogen-bond acceptors (Lipinski definition) is 1. The maximum atomic E-state index is 10.2. The van der Waals surface area contributed by atoms with Crippen LogP contribution in [0.3, 0.4) is 0 Å². The number of aryl methyl sites for hydroxylation is 1. The molecular formula is C6H9FN2O2. The van der Waals surface area contributed by atoms with Crippen molar-refractivity contribution in [3.8, 4) is 0 Å². The van der Waals surface area contributed by atoms with Crippen LogP contribution >= 0.6 is 0 Å². The van der Waals surface area contributed by atoms with E-state index in [1.54, 1.807) is 17.0 Å². The van der Waals surface area contributed by atoms with Crippen LogP contribution in [0.2, 0.25) is 0 Å². The quantitative estimate of drug-likeness (QED) is 0.445. The summed E-state index contributed by atoms with van der Waals surface area (Å²) >= 11 is 0. The number of hydrogen-bond donors (Lipinski definition) is 2. The average molecular weight is 160 g/mol. The molecule has 0 spiro atoms. The van der Waals surface area contributed by atoms with Crippen LogP contribution in [0.1, 0.15) is 5.82 Å². The zero-order chi connectivity index (χ0) is 7.56. The molecule has 0 aliphatic heterocycles. The molecule has 4 nitrogen and oxygen atoms in total. The predicted molar refractivity (Wildman–Crippen MR) is 33.4 cm³/mol. The van der Waals surface area contributed by atoms with Gasteiger partial charge < -0.3 is 9.81 Å². The Labute approximate surface area is 62.8 Å². The SMILES string of the molecule is Cc1[nH]cc[n+]1CC(=O)O.[F-]. The number of nitrogens with zero attached hydrogens (tertiary/aromatic N) is 1. The summed E-state index contributed by atoms with van der Waals surface area (Å²) in [7, 11) is 0. The predicted octanol–water partition coefficient (Wildman–Crippen LogP) is -3.30. The van der Waals surface area contributed by atoms with Crippen molar-refractivity contribution in [1.29, 1.82) is 0 Å². The Bertz CT molecular complexity index is 246. The monoisotopic (exact) mass is 160 g/mol. The summed E-state index contributed by atoms with van der Waals surface area (Å²) in [4.78, 5) is 13.1. The Morgan fingerprint density at radius 1 is 1.82 bits per heavy atom. The van der Waals surface area contributed by atoms with Crippen LogP contribution in [0.15, 0.2) is 12.4 Å². The number of aromatic amines is 1. The first-order chi connectivity index (χ1) is 4.70. The number of nitrogens with one attached hydrogen (secondary N) is 1. The van der Waals surface area contributed by atoms with Gasteiger partial charge in [0.05, 0.1) is 0 Å². The second-order valence-corrected chi connectivity index (χ2v) is 2.07. The van der Waals surface area contributed by atoms with Crippen molar-refractivity contribution in [2.45, 2.75) is 13.5 Å². The molecule has 0 bridgehead atoms. The molecule has 0 aliphatic rings. The fourth-order valence-electron chi connectivity index (χ4n) is 0.760. The summed E-state index contributed by atoms with van der Waals surface area (Å²) < 4.78 is 1.63. The number of carbonyl (C=O) groups is 1. The van der Waals surface area contributed by atoms with Gasteiger partial charge in [-0.3, -0.25) is 0 Å².